The van der Waals surface area contributed by atoms with Gasteiger partial charge < -0.3 is 11.1 Å². The molecule has 110 valence electrons. The van der Waals surface area contributed by atoms with Crippen LogP contribution in [0.1, 0.15) is 29.5 Å². The molecule has 3 aromatic heterocycles. The lowest BCUT2D eigenvalue weighted by Crippen LogP contribution is -2.21. The van der Waals surface area contributed by atoms with Gasteiger partial charge in [-0.15, -0.1) is 27.8 Å². The van der Waals surface area contributed by atoms with Crippen molar-refractivity contribution >= 4 is 38.6 Å². The average Bonchev–Trinajstić information content (AvgIpc) is 3.13. The quantitative estimate of drug-likeness (QED) is 0.751. The van der Waals surface area contributed by atoms with E-state index in [1.165, 1.54) is 9.75 Å². The van der Waals surface area contributed by atoms with Gasteiger partial charge in [0.05, 0.1) is 16.6 Å². The number of rotatable bonds is 5. The summed E-state index contributed by atoms with van der Waals surface area (Å²) in [7, 11) is 0. The maximum Gasteiger partial charge on any atom is 0.106 e. The van der Waals surface area contributed by atoms with Gasteiger partial charge in [0, 0.05) is 28.3 Å². The molecule has 0 saturated heterocycles. The second-order valence-electron chi connectivity index (χ2n) is 5.20. The predicted molar refractivity (Wildman–Crippen MR) is 91.1 cm³/mol. The van der Waals surface area contributed by atoms with Crippen LogP contribution in [0.4, 0.5) is 5.69 Å². The summed E-state index contributed by atoms with van der Waals surface area (Å²) < 4.78 is 1.16. The minimum Gasteiger partial charge on any atom is -0.378 e. The Bertz CT molecular complexity index is 718. The molecular formula is C15H18N4S2. The van der Waals surface area contributed by atoms with Crippen molar-refractivity contribution in [2.75, 3.05) is 5.32 Å². The summed E-state index contributed by atoms with van der Waals surface area (Å²) in [5.74, 6) is 0.328. The van der Waals surface area contributed by atoms with Crippen molar-refractivity contribution in [3.63, 3.8) is 0 Å². The van der Waals surface area contributed by atoms with Crippen LogP contribution < -0.4 is 11.1 Å². The molecule has 0 spiro atoms. The highest BCUT2D eigenvalue weighted by molar-refractivity contribution is 7.19. The molecule has 3 N–H and O–H groups in total. The Morgan fingerprint density at radius 1 is 1.38 bits per heavy atom. The average molecular weight is 318 g/mol. The largest absolute Gasteiger partial charge is 0.378 e. The number of anilines is 1. The van der Waals surface area contributed by atoms with Crippen LogP contribution in [0.3, 0.4) is 0 Å². The molecule has 21 heavy (non-hydrogen) atoms. The van der Waals surface area contributed by atoms with Gasteiger partial charge in [-0.2, -0.15) is 5.10 Å². The first-order valence-corrected chi connectivity index (χ1v) is 8.61. The van der Waals surface area contributed by atoms with Gasteiger partial charge >= 0.3 is 0 Å². The van der Waals surface area contributed by atoms with Crippen molar-refractivity contribution in [2.45, 2.75) is 32.4 Å². The first-order chi connectivity index (χ1) is 10.1. The summed E-state index contributed by atoms with van der Waals surface area (Å²) in [6.45, 7) is 5.01. The van der Waals surface area contributed by atoms with Crippen LogP contribution >= 0.6 is 22.7 Å². The van der Waals surface area contributed by atoms with Crippen molar-refractivity contribution in [3.05, 3.63) is 39.5 Å². The molecule has 0 radical (unpaired) electrons. The molecule has 0 aliphatic carbocycles. The Morgan fingerprint density at radius 3 is 2.95 bits per heavy atom. The van der Waals surface area contributed by atoms with Crippen LogP contribution in [0.25, 0.3) is 10.2 Å². The molecule has 0 unspecified atom stereocenters. The van der Waals surface area contributed by atoms with Gasteiger partial charge in [0.15, 0.2) is 0 Å². The normalized spacial score (nSPS) is 14.2. The molecule has 0 bridgehead atoms. The summed E-state index contributed by atoms with van der Waals surface area (Å²) in [6.07, 6.45) is 1.80. The van der Waals surface area contributed by atoms with Crippen LogP contribution in [0.2, 0.25) is 0 Å². The van der Waals surface area contributed by atoms with Gasteiger partial charge in [0.2, 0.25) is 0 Å². The van der Waals surface area contributed by atoms with E-state index in [0.717, 1.165) is 22.4 Å². The molecule has 3 heterocycles. The lowest BCUT2D eigenvalue weighted by molar-refractivity contribution is 0.622. The first-order valence-electron chi connectivity index (χ1n) is 6.92. The molecule has 0 fully saturated rings. The minimum absolute atomic E-state index is 0.133. The third-order valence-corrected chi connectivity index (χ3v) is 5.83. The van der Waals surface area contributed by atoms with Gasteiger partial charge in [-0.05, 0) is 24.4 Å². The number of thiophene rings is 2. The molecular weight excluding hydrogens is 300 g/mol. The van der Waals surface area contributed by atoms with Crippen LogP contribution in [-0.4, -0.2) is 16.2 Å². The number of fused-ring (bicyclic) bond motifs is 1. The molecule has 6 heteroatoms. The van der Waals surface area contributed by atoms with Crippen LogP contribution in [0.5, 0.6) is 0 Å². The number of nitrogens with two attached hydrogens (primary N) is 1. The highest BCUT2D eigenvalue weighted by Crippen LogP contribution is 2.34. The van der Waals surface area contributed by atoms with Crippen LogP contribution in [-0.2, 0) is 6.54 Å². The fourth-order valence-corrected chi connectivity index (χ4v) is 3.97. The van der Waals surface area contributed by atoms with Gasteiger partial charge in [0.25, 0.3) is 0 Å². The van der Waals surface area contributed by atoms with E-state index in [9.17, 15) is 0 Å². The summed E-state index contributed by atoms with van der Waals surface area (Å²) in [4.78, 5) is 2.57. The standard InChI is InChI=1S/C15H18N4S2/c1-9(10(2)16)14-6-12-15(21-14)13(8-18-19-12)17-7-11-4-3-5-20-11/h3-6,8-10H,7,16H2,1-2H3,(H,17,19)/t9-,10-/m0/s1. The van der Waals surface area contributed by atoms with E-state index in [2.05, 4.69) is 46.0 Å². The monoisotopic (exact) mass is 318 g/mol. The van der Waals surface area contributed by atoms with Gasteiger partial charge in [0.1, 0.15) is 5.52 Å². The highest BCUT2D eigenvalue weighted by Gasteiger charge is 2.16. The molecule has 0 aromatic carbocycles. The number of nitrogens with zero attached hydrogens (tertiary/aromatic N) is 2. The molecule has 3 aromatic rings. The van der Waals surface area contributed by atoms with Crippen molar-refractivity contribution in [2.24, 2.45) is 5.73 Å². The zero-order valence-electron chi connectivity index (χ0n) is 12.0. The highest BCUT2D eigenvalue weighted by atomic mass is 32.1. The molecule has 0 amide bonds. The van der Waals surface area contributed by atoms with E-state index >= 15 is 0 Å². The predicted octanol–water partition coefficient (Wildman–Crippen LogP) is 3.82. The molecule has 4 nitrogen and oxygen atoms in total. The number of hydrogen-bond acceptors (Lipinski definition) is 6. The summed E-state index contributed by atoms with van der Waals surface area (Å²) >= 11 is 3.51. The fraction of sp³-hybridized carbons (Fsp3) is 0.333. The van der Waals surface area contributed by atoms with E-state index in [-0.39, 0.29) is 6.04 Å². The van der Waals surface area contributed by atoms with Crippen LogP contribution in [0.15, 0.2) is 29.8 Å². The minimum atomic E-state index is 0.133. The Kier molecular flexibility index (Phi) is 4.19. The first kappa shape index (κ1) is 14.4. The van der Waals surface area contributed by atoms with E-state index in [4.69, 9.17) is 5.73 Å². The van der Waals surface area contributed by atoms with Crippen molar-refractivity contribution in [1.82, 2.24) is 10.2 Å². The Labute approximate surface area is 132 Å². The van der Waals surface area contributed by atoms with Gasteiger partial charge in [-0.25, -0.2) is 0 Å². The maximum absolute atomic E-state index is 6.01. The molecule has 2 atom stereocenters. The maximum atomic E-state index is 6.01. The zero-order valence-corrected chi connectivity index (χ0v) is 13.7. The topological polar surface area (TPSA) is 63.8 Å². The zero-order chi connectivity index (χ0) is 14.8. The number of hydrogen-bond donors (Lipinski definition) is 2. The van der Waals surface area contributed by atoms with E-state index < -0.39 is 0 Å². The molecule has 0 aliphatic heterocycles. The lowest BCUT2D eigenvalue weighted by atomic mass is 10.0. The van der Waals surface area contributed by atoms with Gasteiger partial charge in [-0.1, -0.05) is 13.0 Å². The second kappa shape index (κ2) is 6.09. The fourth-order valence-electron chi connectivity index (χ4n) is 2.08. The lowest BCUT2D eigenvalue weighted by Gasteiger charge is -2.12. The van der Waals surface area contributed by atoms with E-state index in [0.29, 0.717) is 5.92 Å². The summed E-state index contributed by atoms with van der Waals surface area (Å²) in [5, 5.41) is 13.9. The summed E-state index contributed by atoms with van der Waals surface area (Å²) in [5.41, 5.74) is 7.99. The third kappa shape index (κ3) is 3.07. The molecule has 0 saturated carbocycles. The van der Waals surface area contributed by atoms with E-state index in [1.54, 1.807) is 28.9 Å². The van der Waals surface area contributed by atoms with Gasteiger partial charge in [-0.3, -0.25) is 0 Å². The Morgan fingerprint density at radius 2 is 2.24 bits per heavy atom. The second-order valence-corrected chi connectivity index (χ2v) is 7.32. The Hall–Kier alpha value is -1.50. The summed E-state index contributed by atoms with van der Waals surface area (Å²) in [6, 6.07) is 6.43. The SMILES string of the molecule is C[C@H](N)[C@H](C)c1cc2nncc(NCc3cccs3)c2s1. The van der Waals surface area contributed by atoms with Crippen molar-refractivity contribution < 1.29 is 0 Å². The van der Waals surface area contributed by atoms with E-state index in [1.807, 2.05) is 6.92 Å². The Balaban J connectivity index is 1.88. The number of aromatic nitrogens is 2. The third-order valence-electron chi connectivity index (χ3n) is 3.60. The number of nitrogens with one attached hydrogen (secondary N) is 1. The smallest absolute Gasteiger partial charge is 0.106 e. The molecule has 3 rings (SSSR count). The molecule has 0 aliphatic rings. The van der Waals surface area contributed by atoms with Crippen molar-refractivity contribution in [3.8, 4) is 0 Å². The van der Waals surface area contributed by atoms with Crippen molar-refractivity contribution in [1.29, 1.82) is 0 Å². The van der Waals surface area contributed by atoms with Crippen LogP contribution in [0, 0.1) is 0 Å².